The summed E-state index contributed by atoms with van der Waals surface area (Å²) in [5.74, 6) is -1.28. The molecule has 0 spiro atoms. The summed E-state index contributed by atoms with van der Waals surface area (Å²) >= 11 is 0. The molecule has 0 radical (unpaired) electrons. The van der Waals surface area contributed by atoms with E-state index in [2.05, 4.69) is 47.4 Å². The lowest BCUT2D eigenvalue weighted by Crippen LogP contribution is -2.63. The monoisotopic (exact) mass is 776 g/mol. The Bertz CT molecular complexity index is 847. The third kappa shape index (κ3) is 30.3. The molecule has 1 N–H and O–H groups in total. The number of carbonyl (C=O) groups is 2. The standard InChI is InChI=1S/C49H94NO3P/c1-6-8-10-12-14-16-18-20-22-24-26-28-30-32-34-36-38-40-42-44-46(51)49(53,48(54)50(3,4)5)47(52)45-43-41-39-37-35-33-31-29-27-25-23-21-19-17-15-13-11-9-7-2/h20-23,48,53-54H,6-19,24-45H2,1-5H3/b22-20-,23-21-. The minimum Gasteiger partial charge on any atom is -0.488 e. The van der Waals surface area contributed by atoms with E-state index in [0.29, 0.717) is 4.48 Å². The number of allylic oxidation sites excluding steroid dienone is 4. The van der Waals surface area contributed by atoms with Gasteiger partial charge in [0.25, 0.3) is 0 Å². The average Bonchev–Trinajstić information content (AvgIpc) is 3.15. The van der Waals surface area contributed by atoms with Crippen molar-refractivity contribution in [2.45, 2.75) is 256 Å². The predicted octanol–water partition coefficient (Wildman–Crippen LogP) is 15.2. The van der Waals surface area contributed by atoms with Gasteiger partial charge in [0.1, 0.15) is 0 Å². The number of rotatable bonds is 42. The van der Waals surface area contributed by atoms with Crippen LogP contribution in [-0.4, -0.2) is 53.7 Å². The number of carbonyl (C=O) groups excluding carboxylic acids is 2. The van der Waals surface area contributed by atoms with E-state index in [1.54, 1.807) is 0 Å². The number of nitrogens with zero attached hydrogens (tertiary/aromatic N) is 1. The fraction of sp³-hybridized carbons (Fsp3) is 0.878. The summed E-state index contributed by atoms with van der Waals surface area (Å²) in [6.45, 7) is 4.55. The molecule has 0 aliphatic heterocycles. The normalized spacial score (nSPS) is 13.1. The SMILES string of the molecule is CCCCCCCC/C=C\CCCCCCCCCCCC(=O)C(O)(C(=O)CCCCCCCCCCC/C=C\CCCCCCCC)C([PH-])[N+](C)(C)C. The molecule has 0 aromatic heterocycles. The Morgan fingerprint density at radius 3 is 0.907 bits per heavy atom. The van der Waals surface area contributed by atoms with Gasteiger partial charge in [0, 0.05) is 18.6 Å². The molecule has 4 nitrogen and oxygen atoms in total. The van der Waals surface area contributed by atoms with Gasteiger partial charge in [-0.2, -0.15) is 0 Å². The van der Waals surface area contributed by atoms with Crippen molar-refractivity contribution >= 4 is 20.8 Å². The van der Waals surface area contributed by atoms with Gasteiger partial charge in [0.05, 0.1) is 21.1 Å². The van der Waals surface area contributed by atoms with Gasteiger partial charge >= 0.3 is 0 Å². The Kier molecular flexibility index (Phi) is 37.2. The summed E-state index contributed by atoms with van der Waals surface area (Å²) < 4.78 is 0.301. The maximum absolute atomic E-state index is 13.5. The number of unbranched alkanes of at least 4 members (excludes halogenated alkanes) is 30. The maximum atomic E-state index is 13.5. The maximum Gasteiger partial charge on any atom is 0.204 e. The second-order valence-corrected chi connectivity index (χ2v) is 18.2. The largest absolute Gasteiger partial charge is 0.488 e. The summed E-state index contributed by atoms with van der Waals surface area (Å²) in [5.41, 5.74) is -1.97. The Hall–Kier alpha value is -0.830. The summed E-state index contributed by atoms with van der Waals surface area (Å²) in [4.78, 5) is 26.9. The molecule has 0 saturated carbocycles. The minimum atomic E-state index is -1.97. The smallest absolute Gasteiger partial charge is 0.204 e. The van der Waals surface area contributed by atoms with E-state index in [4.69, 9.17) is 0 Å². The minimum absolute atomic E-state index is 0.269. The molecule has 318 valence electrons. The van der Waals surface area contributed by atoms with Crippen LogP contribution in [0.5, 0.6) is 0 Å². The van der Waals surface area contributed by atoms with Gasteiger partial charge in [0.15, 0.2) is 11.6 Å². The molecule has 0 amide bonds. The molecule has 54 heavy (non-hydrogen) atoms. The van der Waals surface area contributed by atoms with E-state index in [1.807, 2.05) is 21.1 Å². The third-order valence-electron chi connectivity index (χ3n) is 11.4. The van der Waals surface area contributed by atoms with E-state index < -0.39 is 11.4 Å². The van der Waals surface area contributed by atoms with Gasteiger partial charge in [-0.1, -0.05) is 192 Å². The van der Waals surface area contributed by atoms with Gasteiger partial charge in [0.2, 0.25) is 5.60 Å². The first-order valence-electron chi connectivity index (χ1n) is 23.7. The molecule has 0 aromatic rings. The molecule has 0 aliphatic rings. The van der Waals surface area contributed by atoms with Crippen molar-refractivity contribution in [1.82, 2.24) is 0 Å². The van der Waals surface area contributed by atoms with E-state index in [-0.39, 0.29) is 24.4 Å². The molecule has 0 fully saturated rings. The summed E-state index contributed by atoms with van der Waals surface area (Å²) in [7, 11) is 9.42. The Labute approximate surface area is 340 Å². The molecule has 0 rings (SSSR count). The first kappa shape index (κ1) is 53.2. The van der Waals surface area contributed by atoms with Gasteiger partial charge in [-0.05, 0) is 64.2 Å². The molecule has 0 aromatic carbocycles. The fourth-order valence-corrected chi connectivity index (χ4v) is 7.85. The molecule has 0 bridgehead atoms. The Morgan fingerprint density at radius 1 is 0.444 bits per heavy atom. The topological polar surface area (TPSA) is 54.4 Å². The highest BCUT2D eigenvalue weighted by Crippen LogP contribution is 2.31. The molecule has 1 atom stereocenters. The number of hydrogen-bond acceptors (Lipinski definition) is 3. The van der Waals surface area contributed by atoms with Crippen LogP contribution < -0.4 is 0 Å². The summed E-state index contributed by atoms with van der Waals surface area (Å²) in [5, 5.41) is 11.7. The second kappa shape index (κ2) is 37.7. The number of quaternary nitrogens is 1. The average molecular weight is 776 g/mol. The van der Waals surface area contributed by atoms with Crippen LogP contribution in [0.25, 0.3) is 0 Å². The number of Topliss-reactive ketones (excluding diaryl/α,β-unsaturated/α-hetero) is 2. The molecule has 1 unspecified atom stereocenters. The van der Waals surface area contributed by atoms with E-state index >= 15 is 0 Å². The number of aliphatic hydroxyl groups is 1. The molecule has 0 saturated heterocycles. The van der Waals surface area contributed by atoms with E-state index in [9.17, 15) is 14.7 Å². The number of likely N-dealkylation sites (N-methyl/N-ethyl adjacent to an activating group) is 1. The van der Waals surface area contributed by atoms with E-state index in [0.717, 1.165) is 38.5 Å². The Morgan fingerprint density at radius 2 is 0.667 bits per heavy atom. The zero-order chi connectivity index (χ0) is 40.0. The van der Waals surface area contributed by atoms with Crippen molar-refractivity contribution in [3.8, 4) is 0 Å². The van der Waals surface area contributed by atoms with Crippen LogP contribution in [-0.2, 0) is 9.59 Å². The molecule has 0 heterocycles. The van der Waals surface area contributed by atoms with Gasteiger partial charge in [-0.25, -0.2) is 0 Å². The first-order valence-corrected chi connectivity index (χ1v) is 24.3. The highest BCUT2D eigenvalue weighted by atomic mass is 31.0. The van der Waals surface area contributed by atoms with Crippen LogP contribution in [0.15, 0.2) is 24.3 Å². The number of hydrogen-bond donors (Lipinski definition) is 1. The van der Waals surface area contributed by atoms with Crippen LogP contribution in [0.4, 0.5) is 0 Å². The third-order valence-corrected chi connectivity index (χ3v) is 12.5. The number of ketones is 2. The molecular formula is C49H94NO3P. The van der Waals surface area contributed by atoms with Crippen molar-refractivity contribution in [3.63, 3.8) is 0 Å². The van der Waals surface area contributed by atoms with Gasteiger partial charge < -0.3 is 18.8 Å². The van der Waals surface area contributed by atoms with Crippen LogP contribution >= 0.6 is 9.24 Å². The molecule has 5 heteroatoms. The lowest BCUT2D eigenvalue weighted by atomic mass is 9.85. The van der Waals surface area contributed by atoms with Crippen LogP contribution in [0.1, 0.15) is 245 Å². The lowest BCUT2D eigenvalue weighted by molar-refractivity contribution is -0.885. The predicted molar refractivity (Wildman–Crippen MR) is 241 cm³/mol. The van der Waals surface area contributed by atoms with Crippen molar-refractivity contribution in [2.75, 3.05) is 21.1 Å². The van der Waals surface area contributed by atoms with Crippen LogP contribution in [0, 0.1) is 0 Å². The lowest BCUT2D eigenvalue weighted by Gasteiger charge is -2.46. The van der Waals surface area contributed by atoms with Crippen molar-refractivity contribution < 1.29 is 19.2 Å². The van der Waals surface area contributed by atoms with Gasteiger partial charge in [-0.3, -0.25) is 9.59 Å². The first-order chi connectivity index (χ1) is 26.1. The van der Waals surface area contributed by atoms with Gasteiger partial charge in [-0.15, -0.1) is 0 Å². The highest BCUT2D eigenvalue weighted by molar-refractivity contribution is 7.17. The second-order valence-electron chi connectivity index (χ2n) is 17.6. The zero-order valence-electron chi connectivity index (χ0n) is 37.1. The highest BCUT2D eigenvalue weighted by Gasteiger charge is 2.48. The van der Waals surface area contributed by atoms with Crippen molar-refractivity contribution in [1.29, 1.82) is 0 Å². The van der Waals surface area contributed by atoms with E-state index in [1.165, 1.54) is 180 Å². The molecule has 0 aliphatic carbocycles. The quantitative estimate of drug-likeness (QED) is 0.0221. The zero-order valence-corrected chi connectivity index (χ0v) is 38.1. The van der Waals surface area contributed by atoms with Crippen LogP contribution in [0.2, 0.25) is 0 Å². The Balaban J connectivity index is 4.06. The summed E-state index contributed by atoms with van der Waals surface area (Å²) in [6, 6.07) is 0. The van der Waals surface area contributed by atoms with Crippen molar-refractivity contribution in [2.24, 2.45) is 0 Å². The van der Waals surface area contributed by atoms with Crippen molar-refractivity contribution in [3.05, 3.63) is 24.3 Å². The summed E-state index contributed by atoms with van der Waals surface area (Å²) in [6.07, 6.45) is 52.6. The van der Waals surface area contributed by atoms with Crippen LogP contribution in [0.3, 0.4) is 0 Å². The molecular weight excluding hydrogens is 682 g/mol. The fourth-order valence-electron chi connectivity index (χ4n) is 7.53.